The Balaban J connectivity index is 1.58. The first-order chi connectivity index (χ1) is 17.7. The van der Waals surface area contributed by atoms with E-state index in [9.17, 15) is 14.4 Å². The van der Waals surface area contributed by atoms with Crippen LogP contribution in [0.15, 0.2) is 54.6 Å². The summed E-state index contributed by atoms with van der Waals surface area (Å²) in [7, 11) is 1.74. The molecule has 0 radical (unpaired) electrons. The molecule has 0 aliphatic heterocycles. The predicted molar refractivity (Wildman–Crippen MR) is 146 cm³/mol. The van der Waals surface area contributed by atoms with Gasteiger partial charge in [-0.05, 0) is 36.1 Å². The van der Waals surface area contributed by atoms with Crippen LogP contribution in [0.3, 0.4) is 0 Å². The summed E-state index contributed by atoms with van der Waals surface area (Å²) in [5, 5.41) is 15.8. The van der Waals surface area contributed by atoms with E-state index < -0.39 is 0 Å². The molecule has 37 heavy (non-hydrogen) atoms. The van der Waals surface area contributed by atoms with Crippen LogP contribution in [0.1, 0.15) is 39.8 Å². The molecule has 0 aliphatic rings. The minimum Gasteiger partial charge on any atom is -0.370 e. The van der Waals surface area contributed by atoms with Crippen molar-refractivity contribution in [3.05, 3.63) is 76.3 Å². The van der Waals surface area contributed by atoms with Crippen molar-refractivity contribution in [3.8, 4) is 0 Å². The van der Waals surface area contributed by atoms with Gasteiger partial charge in [-0.1, -0.05) is 53.8 Å². The van der Waals surface area contributed by atoms with Gasteiger partial charge in [-0.15, -0.1) is 0 Å². The molecule has 11 heteroatoms. The fraction of sp³-hybridized carbons (Fsp3) is 0.269. The Morgan fingerprint density at radius 3 is 2.35 bits per heavy atom. The molecule has 194 valence electrons. The lowest BCUT2D eigenvalue weighted by molar-refractivity contribution is -0.130. The smallest absolute Gasteiger partial charge is 0.263 e. The van der Waals surface area contributed by atoms with Gasteiger partial charge in [0.25, 0.3) is 5.91 Å². The van der Waals surface area contributed by atoms with Crippen LogP contribution >= 0.6 is 11.3 Å². The molecule has 0 atom stereocenters. The summed E-state index contributed by atoms with van der Waals surface area (Å²) in [6.45, 7) is 2.07. The van der Waals surface area contributed by atoms with Gasteiger partial charge in [-0.25, -0.2) is 4.98 Å². The highest BCUT2D eigenvalue weighted by Crippen LogP contribution is 2.25. The van der Waals surface area contributed by atoms with Crippen molar-refractivity contribution in [2.45, 2.75) is 32.7 Å². The van der Waals surface area contributed by atoms with Crippen LogP contribution in [0.5, 0.6) is 0 Å². The van der Waals surface area contributed by atoms with E-state index in [4.69, 9.17) is 11.1 Å². The zero-order valence-corrected chi connectivity index (χ0v) is 21.7. The Morgan fingerprint density at radius 1 is 1.00 bits per heavy atom. The van der Waals surface area contributed by atoms with Crippen LogP contribution in [0, 0.1) is 5.41 Å². The van der Waals surface area contributed by atoms with Gasteiger partial charge in [0.05, 0.1) is 5.69 Å². The Bertz CT molecular complexity index is 1240. The van der Waals surface area contributed by atoms with Crippen molar-refractivity contribution >= 4 is 45.8 Å². The van der Waals surface area contributed by atoms with Crippen LogP contribution in [-0.2, 0) is 29.0 Å². The average Bonchev–Trinajstić information content (AvgIpc) is 3.25. The standard InChI is InChI=1S/C26H31N7O3S/c1-17(34)30-26-32-21(13-10-18-8-11-20(12-9-18)31-25(27)28)23(37-26)24(36)29-15-14-22(35)33(2)16-19-6-4-3-5-7-19/h3-9,11-12H,10,13-16H2,1-2H3,(H,29,36)(H4,27,28,31)(H,30,32,34). The van der Waals surface area contributed by atoms with Crippen molar-refractivity contribution in [3.63, 3.8) is 0 Å². The van der Waals surface area contributed by atoms with Gasteiger partial charge in [0.2, 0.25) is 11.8 Å². The highest BCUT2D eigenvalue weighted by Gasteiger charge is 2.19. The lowest BCUT2D eigenvalue weighted by atomic mass is 10.1. The summed E-state index contributed by atoms with van der Waals surface area (Å²) >= 11 is 1.11. The molecule has 3 amide bonds. The van der Waals surface area contributed by atoms with Crippen molar-refractivity contribution in [1.29, 1.82) is 5.41 Å². The number of hydrogen-bond donors (Lipinski definition) is 5. The molecule has 10 nitrogen and oxygen atoms in total. The average molecular weight is 522 g/mol. The van der Waals surface area contributed by atoms with E-state index in [1.807, 2.05) is 54.6 Å². The van der Waals surface area contributed by atoms with Crippen LogP contribution in [0.2, 0.25) is 0 Å². The van der Waals surface area contributed by atoms with Gasteiger partial charge in [0.15, 0.2) is 11.1 Å². The summed E-state index contributed by atoms with van der Waals surface area (Å²) in [4.78, 5) is 43.4. The highest BCUT2D eigenvalue weighted by molar-refractivity contribution is 7.17. The zero-order chi connectivity index (χ0) is 26.8. The molecule has 0 spiro atoms. The molecule has 0 saturated carbocycles. The Kier molecular flexibility index (Phi) is 9.73. The Morgan fingerprint density at radius 2 is 1.70 bits per heavy atom. The Hall–Kier alpha value is -4.25. The third kappa shape index (κ3) is 8.73. The van der Waals surface area contributed by atoms with Gasteiger partial charge >= 0.3 is 0 Å². The number of rotatable bonds is 11. The monoisotopic (exact) mass is 521 g/mol. The number of amides is 3. The summed E-state index contributed by atoms with van der Waals surface area (Å²) < 4.78 is 0. The molecule has 0 unspecified atom stereocenters. The first-order valence-electron chi connectivity index (χ1n) is 11.7. The van der Waals surface area contributed by atoms with Crippen LogP contribution in [-0.4, -0.2) is 47.2 Å². The third-order valence-corrected chi connectivity index (χ3v) is 6.39. The van der Waals surface area contributed by atoms with E-state index >= 15 is 0 Å². The number of hydrogen-bond acceptors (Lipinski definition) is 6. The number of thiazole rings is 1. The van der Waals surface area contributed by atoms with Crippen LogP contribution in [0.25, 0.3) is 0 Å². The van der Waals surface area contributed by atoms with Crippen LogP contribution < -0.4 is 21.7 Å². The maximum absolute atomic E-state index is 12.9. The molecule has 3 aromatic rings. The number of aryl methyl sites for hydroxylation is 2. The van der Waals surface area contributed by atoms with Crippen molar-refractivity contribution in [2.75, 3.05) is 24.2 Å². The van der Waals surface area contributed by atoms with Crippen LogP contribution in [0.4, 0.5) is 10.8 Å². The number of anilines is 2. The van der Waals surface area contributed by atoms with E-state index in [0.29, 0.717) is 40.8 Å². The van der Waals surface area contributed by atoms with E-state index in [1.54, 1.807) is 11.9 Å². The third-order valence-electron chi connectivity index (χ3n) is 5.38. The van der Waals surface area contributed by atoms with E-state index in [1.165, 1.54) is 6.92 Å². The van der Waals surface area contributed by atoms with Gasteiger partial charge in [-0.3, -0.25) is 19.8 Å². The number of nitrogens with two attached hydrogens (primary N) is 1. The van der Waals surface area contributed by atoms with Gasteiger partial charge < -0.3 is 26.6 Å². The van der Waals surface area contributed by atoms with Crippen molar-refractivity contribution in [1.82, 2.24) is 15.2 Å². The fourth-order valence-corrected chi connectivity index (χ4v) is 4.55. The molecule has 0 aliphatic carbocycles. The summed E-state index contributed by atoms with van der Waals surface area (Å²) in [6, 6.07) is 17.2. The molecular weight excluding hydrogens is 490 g/mol. The maximum atomic E-state index is 12.9. The number of benzene rings is 2. The number of carbonyl (C=O) groups excluding carboxylic acids is 3. The molecule has 1 aromatic heterocycles. The molecule has 3 rings (SSSR count). The summed E-state index contributed by atoms with van der Waals surface area (Å²) in [5.74, 6) is -0.812. The SMILES string of the molecule is CC(=O)Nc1nc(CCc2ccc(NC(=N)N)cc2)c(C(=O)NCCC(=O)N(C)Cc2ccccc2)s1. The minimum atomic E-state index is -0.330. The number of carbonyl (C=O) groups is 3. The first kappa shape index (κ1) is 27.3. The first-order valence-corrected chi connectivity index (χ1v) is 12.6. The second-order valence-corrected chi connectivity index (χ2v) is 9.45. The second kappa shape index (κ2) is 13.2. The molecule has 0 bridgehead atoms. The van der Waals surface area contributed by atoms with E-state index in [0.717, 1.165) is 22.5 Å². The van der Waals surface area contributed by atoms with Crippen molar-refractivity contribution < 1.29 is 14.4 Å². The van der Waals surface area contributed by atoms with Gasteiger partial charge in [0.1, 0.15) is 4.88 Å². The minimum absolute atomic E-state index is 0.0738. The van der Waals surface area contributed by atoms with E-state index in [-0.39, 0.29) is 36.6 Å². The maximum Gasteiger partial charge on any atom is 0.263 e. The van der Waals surface area contributed by atoms with E-state index in [2.05, 4.69) is 20.9 Å². The summed E-state index contributed by atoms with van der Waals surface area (Å²) in [6.07, 6.45) is 1.27. The molecule has 2 aromatic carbocycles. The number of guanidine groups is 1. The number of nitrogens with zero attached hydrogens (tertiary/aromatic N) is 2. The molecule has 0 fully saturated rings. The highest BCUT2D eigenvalue weighted by atomic mass is 32.1. The molecule has 1 heterocycles. The lowest BCUT2D eigenvalue weighted by Gasteiger charge is -2.17. The van der Waals surface area contributed by atoms with Crippen molar-refractivity contribution in [2.24, 2.45) is 5.73 Å². The fourth-order valence-electron chi connectivity index (χ4n) is 3.58. The molecule has 6 N–H and O–H groups in total. The lowest BCUT2D eigenvalue weighted by Crippen LogP contribution is -2.32. The second-order valence-electron chi connectivity index (χ2n) is 8.45. The normalized spacial score (nSPS) is 10.4. The summed E-state index contributed by atoms with van der Waals surface area (Å²) in [5.41, 5.74) is 8.69. The number of aromatic nitrogens is 1. The largest absolute Gasteiger partial charge is 0.370 e. The van der Waals surface area contributed by atoms with Gasteiger partial charge in [-0.2, -0.15) is 0 Å². The zero-order valence-electron chi connectivity index (χ0n) is 20.8. The quantitative estimate of drug-likeness (QED) is 0.193. The Labute approximate surface area is 219 Å². The van der Waals surface area contributed by atoms with Gasteiger partial charge in [0, 0.05) is 39.2 Å². The topological polar surface area (TPSA) is 153 Å². The number of nitrogens with one attached hydrogen (secondary N) is 4. The predicted octanol–water partition coefficient (Wildman–Crippen LogP) is 2.97. The molecule has 0 saturated heterocycles. The molecular formula is C26H31N7O3S.